The number of rotatable bonds is 3. The zero-order valence-electron chi connectivity index (χ0n) is 13.1. The highest BCUT2D eigenvalue weighted by atomic mass is 19.1. The highest BCUT2D eigenvalue weighted by molar-refractivity contribution is 5.99. The van der Waals surface area contributed by atoms with Crippen LogP contribution in [-0.4, -0.2) is 29.1 Å². The SMILES string of the molecule is O=C1c2oc3ccccc3c(=O)c2C(c2cccc(F)c2)N1CCO. The first-order chi connectivity index (χ1) is 12.1. The number of amides is 1. The molecule has 25 heavy (non-hydrogen) atoms. The average molecular weight is 339 g/mol. The van der Waals surface area contributed by atoms with Crippen molar-refractivity contribution in [2.45, 2.75) is 6.04 Å². The van der Waals surface area contributed by atoms with Gasteiger partial charge >= 0.3 is 0 Å². The van der Waals surface area contributed by atoms with Gasteiger partial charge in [-0.1, -0.05) is 24.3 Å². The Morgan fingerprint density at radius 1 is 1.12 bits per heavy atom. The predicted octanol–water partition coefficient (Wildman–Crippen LogP) is 2.47. The summed E-state index contributed by atoms with van der Waals surface area (Å²) in [6, 6.07) is 11.6. The fourth-order valence-corrected chi connectivity index (χ4v) is 3.33. The highest BCUT2D eigenvalue weighted by Crippen LogP contribution is 2.37. The van der Waals surface area contributed by atoms with Gasteiger partial charge < -0.3 is 14.4 Å². The minimum atomic E-state index is -0.786. The topological polar surface area (TPSA) is 70.8 Å². The molecule has 1 atom stereocenters. The van der Waals surface area contributed by atoms with Crippen LogP contribution in [0.15, 0.2) is 57.7 Å². The van der Waals surface area contributed by atoms with E-state index in [0.29, 0.717) is 16.5 Å². The molecule has 1 N–H and O–H groups in total. The molecule has 1 unspecified atom stereocenters. The second-order valence-electron chi connectivity index (χ2n) is 5.85. The van der Waals surface area contributed by atoms with Gasteiger partial charge in [-0.25, -0.2) is 4.39 Å². The number of para-hydroxylation sites is 1. The van der Waals surface area contributed by atoms with E-state index in [2.05, 4.69) is 0 Å². The van der Waals surface area contributed by atoms with E-state index < -0.39 is 17.8 Å². The largest absolute Gasteiger partial charge is 0.450 e. The van der Waals surface area contributed by atoms with Crippen molar-refractivity contribution in [3.05, 3.63) is 81.5 Å². The van der Waals surface area contributed by atoms with Gasteiger partial charge in [-0.2, -0.15) is 0 Å². The maximum absolute atomic E-state index is 13.7. The summed E-state index contributed by atoms with van der Waals surface area (Å²) >= 11 is 0. The molecule has 0 aliphatic carbocycles. The Balaban J connectivity index is 2.02. The van der Waals surface area contributed by atoms with Gasteiger partial charge in [0.05, 0.1) is 23.6 Å². The van der Waals surface area contributed by atoms with Gasteiger partial charge in [-0.15, -0.1) is 0 Å². The van der Waals surface area contributed by atoms with Gasteiger partial charge in [0.2, 0.25) is 5.76 Å². The number of nitrogens with zero attached hydrogens (tertiary/aromatic N) is 1. The lowest BCUT2D eigenvalue weighted by Crippen LogP contribution is -2.32. The molecule has 2 heterocycles. The molecule has 0 radical (unpaired) electrons. The number of carbonyl (C=O) groups excluding carboxylic acids is 1. The van der Waals surface area contributed by atoms with Crippen LogP contribution in [0.4, 0.5) is 4.39 Å². The van der Waals surface area contributed by atoms with Crippen LogP contribution in [0.3, 0.4) is 0 Å². The Morgan fingerprint density at radius 2 is 1.92 bits per heavy atom. The van der Waals surface area contributed by atoms with Crippen LogP contribution in [0.5, 0.6) is 0 Å². The maximum atomic E-state index is 13.7. The third-order valence-electron chi connectivity index (χ3n) is 4.38. The summed E-state index contributed by atoms with van der Waals surface area (Å²) in [4.78, 5) is 27.1. The van der Waals surface area contributed by atoms with E-state index in [-0.39, 0.29) is 29.9 Å². The smallest absolute Gasteiger partial charge is 0.290 e. The van der Waals surface area contributed by atoms with Gasteiger partial charge in [-0.05, 0) is 29.8 Å². The predicted molar refractivity (Wildman–Crippen MR) is 88.8 cm³/mol. The summed E-state index contributed by atoms with van der Waals surface area (Å²) in [7, 11) is 0. The molecule has 0 spiro atoms. The molecule has 1 aromatic heterocycles. The minimum absolute atomic E-state index is 0.0139. The van der Waals surface area contributed by atoms with E-state index in [1.165, 1.54) is 23.1 Å². The number of aliphatic hydroxyl groups is 1. The molecule has 0 saturated carbocycles. The Labute approximate surface area is 141 Å². The molecule has 1 aliphatic heterocycles. The van der Waals surface area contributed by atoms with Crippen molar-refractivity contribution >= 4 is 16.9 Å². The van der Waals surface area contributed by atoms with Crippen molar-refractivity contribution in [1.82, 2.24) is 4.90 Å². The van der Waals surface area contributed by atoms with E-state index in [1.807, 2.05) is 0 Å². The lowest BCUT2D eigenvalue weighted by molar-refractivity contribution is 0.0691. The molecule has 4 rings (SSSR count). The van der Waals surface area contributed by atoms with Crippen LogP contribution in [-0.2, 0) is 0 Å². The molecule has 126 valence electrons. The standard InChI is InChI=1S/C19H14FNO4/c20-12-5-3-4-11(10-12)16-15-17(23)13-6-1-2-7-14(13)25-18(15)19(24)21(16)8-9-22/h1-7,10,16,22H,8-9H2. The number of carbonyl (C=O) groups is 1. The summed E-state index contributed by atoms with van der Waals surface area (Å²) < 4.78 is 19.4. The maximum Gasteiger partial charge on any atom is 0.290 e. The van der Waals surface area contributed by atoms with Crippen LogP contribution >= 0.6 is 0 Å². The summed E-state index contributed by atoms with van der Waals surface area (Å²) in [6.07, 6.45) is 0. The number of benzene rings is 2. The van der Waals surface area contributed by atoms with Crippen molar-refractivity contribution in [3.63, 3.8) is 0 Å². The number of β-amino-alcohol motifs (C(OH)–C–C–N with tert-alkyl or cyclic N) is 1. The zero-order valence-corrected chi connectivity index (χ0v) is 13.1. The van der Waals surface area contributed by atoms with E-state index in [1.54, 1.807) is 30.3 Å². The molecule has 1 amide bonds. The number of hydrogen-bond acceptors (Lipinski definition) is 4. The van der Waals surface area contributed by atoms with E-state index in [0.717, 1.165) is 0 Å². The first kappa shape index (κ1) is 15.5. The third kappa shape index (κ3) is 2.34. The minimum Gasteiger partial charge on any atom is -0.450 e. The monoisotopic (exact) mass is 339 g/mol. The van der Waals surface area contributed by atoms with Crippen LogP contribution in [0.1, 0.15) is 27.7 Å². The van der Waals surface area contributed by atoms with Crippen LogP contribution < -0.4 is 5.43 Å². The average Bonchev–Trinajstić information content (AvgIpc) is 2.89. The van der Waals surface area contributed by atoms with Gasteiger partial charge in [0.15, 0.2) is 5.43 Å². The summed E-state index contributed by atoms with van der Waals surface area (Å²) in [6.45, 7) is -0.265. The number of hydrogen-bond donors (Lipinski definition) is 1. The third-order valence-corrected chi connectivity index (χ3v) is 4.38. The molecule has 6 heteroatoms. The second-order valence-corrected chi connectivity index (χ2v) is 5.85. The van der Waals surface area contributed by atoms with Gasteiger partial charge in [-0.3, -0.25) is 9.59 Å². The zero-order chi connectivity index (χ0) is 17.6. The lowest BCUT2D eigenvalue weighted by Gasteiger charge is -2.24. The van der Waals surface area contributed by atoms with Crippen molar-refractivity contribution < 1.29 is 18.7 Å². The second kappa shape index (κ2) is 5.82. The molecule has 0 fully saturated rings. The van der Waals surface area contributed by atoms with Crippen molar-refractivity contribution in [1.29, 1.82) is 0 Å². The van der Waals surface area contributed by atoms with Crippen molar-refractivity contribution in [3.8, 4) is 0 Å². The van der Waals surface area contributed by atoms with Crippen molar-refractivity contribution in [2.75, 3.05) is 13.2 Å². The molecule has 2 aromatic carbocycles. The Hall–Kier alpha value is -2.99. The molecule has 0 saturated heterocycles. The molecule has 1 aliphatic rings. The number of fused-ring (bicyclic) bond motifs is 2. The molecular weight excluding hydrogens is 325 g/mol. The Bertz CT molecular complexity index is 1040. The quantitative estimate of drug-likeness (QED) is 0.796. The fourth-order valence-electron chi connectivity index (χ4n) is 3.33. The van der Waals surface area contributed by atoms with Crippen LogP contribution in [0.25, 0.3) is 11.0 Å². The Morgan fingerprint density at radius 3 is 2.68 bits per heavy atom. The summed E-state index contributed by atoms with van der Waals surface area (Å²) in [5, 5.41) is 9.69. The first-order valence-electron chi connectivity index (χ1n) is 7.85. The van der Waals surface area contributed by atoms with Gasteiger partial charge in [0, 0.05) is 6.54 Å². The number of halogens is 1. The summed E-state index contributed by atoms with van der Waals surface area (Å²) in [5.41, 5.74) is 0.647. The van der Waals surface area contributed by atoms with E-state index in [9.17, 15) is 19.1 Å². The molecule has 5 nitrogen and oxygen atoms in total. The van der Waals surface area contributed by atoms with Crippen molar-refractivity contribution in [2.24, 2.45) is 0 Å². The lowest BCUT2D eigenvalue weighted by atomic mass is 9.98. The van der Waals surface area contributed by atoms with Gasteiger partial charge in [0.25, 0.3) is 5.91 Å². The molecular formula is C19H14FNO4. The van der Waals surface area contributed by atoms with Crippen LogP contribution in [0.2, 0.25) is 0 Å². The van der Waals surface area contributed by atoms with Gasteiger partial charge in [0.1, 0.15) is 11.4 Å². The summed E-state index contributed by atoms with van der Waals surface area (Å²) in [5.74, 6) is -1.000. The molecule has 3 aromatic rings. The number of aliphatic hydroxyl groups excluding tert-OH is 1. The fraction of sp³-hybridized carbons (Fsp3) is 0.158. The normalized spacial score (nSPS) is 16.5. The first-order valence-corrected chi connectivity index (χ1v) is 7.85. The Kier molecular flexibility index (Phi) is 3.62. The molecule has 0 bridgehead atoms. The van der Waals surface area contributed by atoms with E-state index >= 15 is 0 Å². The van der Waals surface area contributed by atoms with E-state index in [4.69, 9.17) is 4.42 Å². The van der Waals surface area contributed by atoms with Crippen LogP contribution in [0, 0.1) is 5.82 Å². The highest BCUT2D eigenvalue weighted by Gasteiger charge is 2.42.